The maximum Gasteiger partial charge on any atom is 0.163 e. The minimum absolute atomic E-state index is 0.910. The fourth-order valence-corrected chi connectivity index (χ4v) is 2.08. The van der Waals surface area contributed by atoms with Crippen LogP contribution in [0.4, 0.5) is 0 Å². The zero-order valence-corrected chi connectivity index (χ0v) is 10.2. The lowest BCUT2D eigenvalue weighted by molar-refractivity contribution is 0.865. The van der Waals surface area contributed by atoms with Gasteiger partial charge in [-0.05, 0) is 31.2 Å². The topological polar surface area (TPSA) is 35.6 Å². The lowest BCUT2D eigenvalue weighted by Crippen LogP contribution is -1.94. The molecular weight excluding hydrogens is 212 g/mol. The third kappa shape index (κ3) is 1.45. The predicted octanol–water partition coefficient (Wildman–Crippen LogP) is 2.28. The summed E-state index contributed by atoms with van der Waals surface area (Å²) in [5.74, 6) is 1.83. The van der Waals surface area contributed by atoms with E-state index in [4.69, 9.17) is 0 Å². The molecule has 0 aliphatic heterocycles. The monoisotopic (exact) mass is 226 g/mol. The average Bonchev–Trinajstić information content (AvgIpc) is 2.85. The molecule has 0 radical (unpaired) electrons. The van der Waals surface area contributed by atoms with E-state index in [-0.39, 0.29) is 0 Å². The Labute approximate surface area is 99.5 Å². The lowest BCUT2D eigenvalue weighted by atomic mass is 10.1. The van der Waals surface area contributed by atoms with E-state index in [1.165, 1.54) is 10.9 Å². The van der Waals surface area contributed by atoms with Crippen molar-refractivity contribution >= 4 is 10.9 Å². The molecule has 0 spiro atoms. The van der Waals surface area contributed by atoms with Crippen LogP contribution < -0.4 is 0 Å². The quantitative estimate of drug-likeness (QED) is 0.638. The highest BCUT2D eigenvalue weighted by Gasteiger charge is 2.08. The first kappa shape index (κ1) is 10.1. The van der Waals surface area contributed by atoms with Crippen LogP contribution in [0.2, 0.25) is 0 Å². The van der Waals surface area contributed by atoms with Gasteiger partial charge in [0, 0.05) is 36.8 Å². The van der Waals surface area contributed by atoms with Crippen LogP contribution in [-0.2, 0) is 14.1 Å². The van der Waals surface area contributed by atoms with Crippen molar-refractivity contribution < 1.29 is 0 Å². The molecule has 0 bridgehead atoms. The Kier molecular flexibility index (Phi) is 2.04. The fourth-order valence-electron chi connectivity index (χ4n) is 2.08. The van der Waals surface area contributed by atoms with E-state index in [9.17, 15) is 0 Å². The van der Waals surface area contributed by atoms with Crippen molar-refractivity contribution in [3.63, 3.8) is 0 Å². The Morgan fingerprint density at radius 1 is 1.06 bits per heavy atom. The lowest BCUT2D eigenvalue weighted by Gasteiger charge is -2.02. The molecule has 2 aromatic heterocycles. The first-order valence-electron chi connectivity index (χ1n) is 5.58. The molecule has 4 heteroatoms. The fraction of sp³-hybridized carbons (Fsp3) is 0.231. The summed E-state index contributed by atoms with van der Waals surface area (Å²) in [4.78, 5) is 0. The van der Waals surface area contributed by atoms with Gasteiger partial charge in [-0.25, -0.2) is 0 Å². The molecule has 0 aliphatic rings. The summed E-state index contributed by atoms with van der Waals surface area (Å²) in [5.41, 5.74) is 2.33. The van der Waals surface area contributed by atoms with E-state index >= 15 is 0 Å². The Morgan fingerprint density at radius 3 is 2.59 bits per heavy atom. The normalized spacial score (nSPS) is 11.2. The summed E-state index contributed by atoms with van der Waals surface area (Å²) in [7, 11) is 4.04. The molecule has 0 atom stereocenters. The van der Waals surface area contributed by atoms with E-state index < -0.39 is 0 Å². The summed E-state index contributed by atoms with van der Waals surface area (Å²) in [6.07, 6.45) is 2.07. The van der Waals surface area contributed by atoms with E-state index in [1.807, 2.05) is 18.5 Å². The molecule has 2 heterocycles. The highest BCUT2D eigenvalue weighted by molar-refractivity contribution is 5.84. The van der Waals surface area contributed by atoms with Crippen molar-refractivity contribution in [1.29, 1.82) is 0 Å². The first-order chi connectivity index (χ1) is 8.16. The Bertz CT molecular complexity index is 691. The van der Waals surface area contributed by atoms with Crippen LogP contribution >= 0.6 is 0 Å². The number of nitrogens with zero attached hydrogens (tertiary/aromatic N) is 4. The van der Waals surface area contributed by atoms with Crippen LogP contribution in [0, 0.1) is 6.92 Å². The van der Waals surface area contributed by atoms with Gasteiger partial charge in [0.25, 0.3) is 0 Å². The van der Waals surface area contributed by atoms with Gasteiger partial charge < -0.3 is 9.13 Å². The molecule has 3 rings (SSSR count). The second-order valence-corrected chi connectivity index (χ2v) is 4.33. The number of hydrogen-bond acceptors (Lipinski definition) is 2. The minimum Gasteiger partial charge on any atom is -0.351 e. The zero-order valence-electron chi connectivity index (χ0n) is 10.2. The molecule has 17 heavy (non-hydrogen) atoms. The van der Waals surface area contributed by atoms with E-state index in [2.05, 4.69) is 52.3 Å². The van der Waals surface area contributed by atoms with Crippen LogP contribution in [0.5, 0.6) is 0 Å². The van der Waals surface area contributed by atoms with Gasteiger partial charge in [-0.1, -0.05) is 0 Å². The molecule has 0 saturated carbocycles. The van der Waals surface area contributed by atoms with Crippen molar-refractivity contribution in [2.24, 2.45) is 14.1 Å². The molecular formula is C13H14N4. The highest BCUT2D eigenvalue weighted by atomic mass is 15.3. The van der Waals surface area contributed by atoms with E-state index in [0.29, 0.717) is 0 Å². The Balaban J connectivity index is 2.21. The smallest absolute Gasteiger partial charge is 0.163 e. The SMILES string of the molecule is Cc1nnc(-c2ccc3c(ccn3C)c2)n1C. The van der Waals surface area contributed by atoms with Crippen molar-refractivity contribution in [2.45, 2.75) is 6.92 Å². The van der Waals surface area contributed by atoms with Gasteiger partial charge in [0.2, 0.25) is 0 Å². The van der Waals surface area contributed by atoms with Gasteiger partial charge in [0.1, 0.15) is 5.82 Å². The molecule has 1 aromatic carbocycles. The number of aryl methyl sites for hydroxylation is 2. The van der Waals surface area contributed by atoms with Gasteiger partial charge in [0.15, 0.2) is 5.82 Å². The maximum atomic E-state index is 4.21. The molecule has 0 fully saturated rings. The predicted molar refractivity (Wildman–Crippen MR) is 67.7 cm³/mol. The Morgan fingerprint density at radius 2 is 1.88 bits per heavy atom. The first-order valence-corrected chi connectivity index (χ1v) is 5.58. The number of hydrogen-bond donors (Lipinski definition) is 0. The Hall–Kier alpha value is -2.10. The summed E-state index contributed by atoms with van der Waals surface area (Å²) in [6, 6.07) is 8.47. The van der Waals surface area contributed by atoms with Crippen molar-refractivity contribution in [3.05, 3.63) is 36.3 Å². The van der Waals surface area contributed by atoms with Crippen LogP contribution in [0.1, 0.15) is 5.82 Å². The molecule has 0 amide bonds. The molecule has 3 aromatic rings. The second-order valence-electron chi connectivity index (χ2n) is 4.33. The summed E-state index contributed by atoms with van der Waals surface area (Å²) < 4.78 is 4.12. The summed E-state index contributed by atoms with van der Waals surface area (Å²) in [6.45, 7) is 1.96. The maximum absolute atomic E-state index is 4.21. The van der Waals surface area contributed by atoms with Crippen molar-refractivity contribution in [2.75, 3.05) is 0 Å². The largest absolute Gasteiger partial charge is 0.351 e. The molecule has 0 unspecified atom stereocenters. The van der Waals surface area contributed by atoms with E-state index in [1.54, 1.807) is 0 Å². The zero-order chi connectivity index (χ0) is 12.0. The third-order valence-electron chi connectivity index (χ3n) is 3.24. The number of fused-ring (bicyclic) bond motifs is 1. The summed E-state index contributed by atoms with van der Waals surface area (Å²) >= 11 is 0. The number of rotatable bonds is 1. The molecule has 4 nitrogen and oxygen atoms in total. The second kappa shape index (κ2) is 3.45. The van der Waals surface area contributed by atoms with Gasteiger partial charge in [-0.3, -0.25) is 0 Å². The van der Waals surface area contributed by atoms with Gasteiger partial charge in [0.05, 0.1) is 0 Å². The number of aromatic nitrogens is 4. The minimum atomic E-state index is 0.910. The third-order valence-corrected chi connectivity index (χ3v) is 3.24. The van der Waals surface area contributed by atoms with Crippen LogP contribution in [0.3, 0.4) is 0 Å². The molecule has 0 aliphatic carbocycles. The molecule has 0 saturated heterocycles. The highest BCUT2D eigenvalue weighted by Crippen LogP contribution is 2.23. The van der Waals surface area contributed by atoms with Crippen LogP contribution in [0.25, 0.3) is 22.3 Å². The summed E-state index contributed by atoms with van der Waals surface area (Å²) in [5, 5.41) is 9.52. The van der Waals surface area contributed by atoms with Gasteiger partial charge in [-0.2, -0.15) is 0 Å². The van der Waals surface area contributed by atoms with Crippen molar-refractivity contribution in [1.82, 2.24) is 19.3 Å². The standard InChI is InChI=1S/C13H14N4/c1-9-14-15-13(17(9)3)11-4-5-12-10(8-11)6-7-16(12)2/h4-8H,1-3H3. The van der Waals surface area contributed by atoms with Crippen molar-refractivity contribution in [3.8, 4) is 11.4 Å². The number of benzene rings is 1. The average molecular weight is 226 g/mol. The molecule has 0 N–H and O–H groups in total. The van der Waals surface area contributed by atoms with Crippen LogP contribution in [0.15, 0.2) is 30.5 Å². The van der Waals surface area contributed by atoms with Crippen LogP contribution in [-0.4, -0.2) is 19.3 Å². The molecule has 86 valence electrons. The van der Waals surface area contributed by atoms with Gasteiger partial charge >= 0.3 is 0 Å². The van der Waals surface area contributed by atoms with Gasteiger partial charge in [-0.15, -0.1) is 10.2 Å². The van der Waals surface area contributed by atoms with E-state index in [0.717, 1.165) is 17.2 Å².